The molecule has 148 valence electrons. The van der Waals surface area contributed by atoms with Crippen LogP contribution in [0, 0.1) is 0 Å². The average molecular weight is 458 g/mol. The highest BCUT2D eigenvalue weighted by Gasteiger charge is 2.49. The van der Waals surface area contributed by atoms with E-state index in [0.29, 0.717) is 23.3 Å². The maximum Gasteiger partial charge on any atom is 0.573 e. The number of aliphatic imine (C=N–C) groups is 1. The molecule has 0 aromatic heterocycles. The lowest BCUT2D eigenvalue weighted by Gasteiger charge is -2.37. The maximum atomic E-state index is 12.4. The molecule has 1 spiro atoms. The summed E-state index contributed by atoms with van der Waals surface area (Å²) in [7, 11) is 1.65. The van der Waals surface area contributed by atoms with Crippen molar-refractivity contribution in [1.29, 1.82) is 0 Å². The molecule has 2 atom stereocenters. The number of nitrogens with zero attached hydrogens (tertiary/aromatic N) is 2. The van der Waals surface area contributed by atoms with E-state index >= 15 is 0 Å². The van der Waals surface area contributed by atoms with Crippen LogP contribution in [0.25, 0.3) is 0 Å². The maximum absolute atomic E-state index is 12.4. The summed E-state index contributed by atoms with van der Waals surface area (Å²) in [5, 5.41) is 1.38. The Balaban J connectivity index is 1.68. The molecule has 2 aliphatic rings. The highest BCUT2D eigenvalue weighted by molar-refractivity contribution is 9.10. The standard InChI is InChI=1S/C18H15BrF3N3O3/c1-25-16(23)24-17(28-25)9-15(26-14-7-4-11(19)8-13(14)17)10-2-5-12(6-3-10)27-18(20,21)22/h2-8,15H,9H2,1H3,(H2,23,24). The zero-order valence-corrected chi connectivity index (χ0v) is 16.1. The minimum absolute atomic E-state index is 0.223. The van der Waals surface area contributed by atoms with Gasteiger partial charge in [0.25, 0.3) is 0 Å². The van der Waals surface area contributed by atoms with Crippen LogP contribution >= 0.6 is 15.9 Å². The summed E-state index contributed by atoms with van der Waals surface area (Å²) in [6, 6.07) is 11.0. The zero-order valence-electron chi connectivity index (χ0n) is 14.5. The van der Waals surface area contributed by atoms with Gasteiger partial charge in [-0.05, 0) is 35.9 Å². The molecule has 2 unspecified atom stereocenters. The molecule has 2 aromatic carbocycles. The smallest absolute Gasteiger partial charge is 0.485 e. The Morgan fingerprint density at radius 2 is 1.96 bits per heavy atom. The Kier molecular flexibility index (Phi) is 4.42. The van der Waals surface area contributed by atoms with Crippen LogP contribution in [0.15, 0.2) is 51.9 Å². The number of hydrogen-bond donors (Lipinski definition) is 1. The van der Waals surface area contributed by atoms with Crippen molar-refractivity contribution in [3.63, 3.8) is 0 Å². The normalized spacial score (nSPS) is 24.0. The number of fused-ring (bicyclic) bond motifs is 2. The predicted molar refractivity (Wildman–Crippen MR) is 97.4 cm³/mol. The van der Waals surface area contributed by atoms with Crippen molar-refractivity contribution in [2.75, 3.05) is 7.05 Å². The number of alkyl halides is 3. The van der Waals surface area contributed by atoms with Crippen molar-refractivity contribution in [3.8, 4) is 11.5 Å². The lowest BCUT2D eigenvalue weighted by molar-refractivity contribution is -0.274. The number of guanidine groups is 1. The topological polar surface area (TPSA) is 69.3 Å². The number of rotatable bonds is 2. The van der Waals surface area contributed by atoms with Crippen molar-refractivity contribution in [1.82, 2.24) is 5.06 Å². The fourth-order valence-electron chi connectivity index (χ4n) is 3.28. The van der Waals surface area contributed by atoms with Gasteiger partial charge in [0.05, 0.1) is 5.56 Å². The van der Waals surface area contributed by atoms with Gasteiger partial charge >= 0.3 is 6.36 Å². The third kappa shape index (κ3) is 3.49. The quantitative estimate of drug-likeness (QED) is 0.731. The van der Waals surface area contributed by atoms with Gasteiger partial charge in [-0.2, -0.15) is 0 Å². The molecule has 0 amide bonds. The van der Waals surface area contributed by atoms with E-state index in [-0.39, 0.29) is 11.7 Å². The van der Waals surface area contributed by atoms with Crippen LogP contribution < -0.4 is 15.2 Å². The summed E-state index contributed by atoms with van der Waals surface area (Å²) >= 11 is 3.43. The van der Waals surface area contributed by atoms with Gasteiger partial charge in [0.15, 0.2) is 0 Å². The Labute approximate surface area is 166 Å². The summed E-state index contributed by atoms with van der Waals surface area (Å²) in [5.74, 6) is 0.479. The van der Waals surface area contributed by atoms with E-state index in [2.05, 4.69) is 25.7 Å². The van der Waals surface area contributed by atoms with Gasteiger partial charge in [0.2, 0.25) is 11.7 Å². The van der Waals surface area contributed by atoms with Crippen LogP contribution in [-0.4, -0.2) is 24.4 Å². The first-order chi connectivity index (χ1) is 13.2. The largest absolute Gasteiger partial charge is 0.573 e. The van der Waals surface area contributed by atoms with Crippen LogP contribution in [0.3, 0.4) is 0 Å². The van der Waals surface area contributed by atoms with E-state index in [0.717, 1.165) is 4.47 Å². The lowest BCUT2D eigenvalue weighted by atomic mass is 9.90. The molecule has 28 heavy (non-hydrogen) atoms. The van der Waals surface area contributed by atoms with E-state index in [4.69, 9.17) is 15.3 Å². The summed E-state index contributed by atoms with van der Waals surface area (Å²) in [5.41, 5.74) is 6.21. The first kappa shape index (κ1) is 18.9. The molecule has 4 rings (SSSR count). The van der Waals surface area contributed by atoms with E-state index in [1.807, 2.05) is 12.1 Å². The van der Waals surface area contributed by atoms with Crippen molar-refractivity contribution < 1.29 is 27.5 Å². The van der Waals surface area contributed by atoms with Gasteiger partial charge < -0.3 is 15.2 Å². The molecule has 0 saturated heterocycles. The summed E-state index contributed by atoms with van der Waals surface area (Å²) in [6.07, 6.45) is -4.95. The summed E-state index contributed by atoms with van der Waals surface area (Å²) in [6.45, 7) is 0. The molecule has 10 heteroatoms. The van der Waals surface area contributed by atoms with E-state index in [1.165, 1.54) is 29.3 Å². The zero-order chi connectivity index (χ0) is 20.1. The van der Waals surface area contributed by atoms with E-state index in [1.54, 1.807) is 13.1 Å². The average Bonchev–Trinajstić information content (AvgIpc) is 2.89. The van der Waals surface area contributed by atoms with Crippen molar-refractivity contribution in [3.05, 3.63) is 58.1 Å². The van der Waals surface area contributed by atoms with Crippen molar-refractivity contribution in [2.24, 2.45) is 10.7 Å². The molecule has 0 saturated carbocycles. The second kappa shape index (κ2) is 6.56. The highest BCUT2D eigenvalue weighted by Crippen LogP contribution is 2.50. The number of nitrogens with two attached hydrogens (primary N) is 1. The Bertz CT molecular complexity index is 936. The van der Waals surface area contributed by atoms with Crippen LogP contribution in [0.5, 0.6) is 11.5 Å². The molecular formula is C18H15BrF3N3O3. The van der Waals surface area contributed by atoms with Gasteiger partial charge in [0, 0.05) is 17.9 Å². The Morgan fingerprint density at radius 1 is 1.25 bits per heavy atom. The fraction of sp³-hybridized carbons (Fsp3) is 0.278. The Hall–Kier alpha value is -2.46. The first-order valence-electron chi connectivity index (χ1n) is 8.26. The molecule has 2 N–H and O–H groups in total. The Morgan fingerprint density at radius 3 is 2.57 bits per heavy atom. The molecule has 2 aromatic rings. The van der Waals surface area contributed by atoms with Crippen molar-refractivity contribution in [2.45, 2.75) is 24.6 Å². The SMILES string of the molecule is CN1OC2(CC(c3ccc(OC(F)(F)F)cc3)Oc3ccc(Br)cc32)N=C1N. The molecule has 6 nitrogen and oxygen atoms in total. The van der Waals surface area contributed by atoms with Crippen molar-refractivity contribution >= 4 is 21.9 Å². The number of ether oxygens (including phenoxy) is 2. The van der Waals surface area contributed by atoms with Crippen LogP contribution in [0.4, 0.5) is 13.2 Å². The number of benzene rings is 2. The van der Waals surface area contributed by atoms with Gasteiger partial charge in [0.1, 0.15) is 17.6 Å². The third-order valence-corrected chi connectivity index (χ3v) is 4.98. The fourth-order valence-corrected chi connectivity index (χ4v) is 3.64. The third-order valence-electron chi connectivity index (χ3n) is 4.48. The van der Waals surface area contributed by atoms with Crippen LogP contribution in [0.1, 0.15) is 23.7 Å². The lowest BCUT2D eigenvalue weighted by Crippen LogP contribution is -2.36. The van der Waals surface area contributed by atoms with Crippen LogP contribution in [0.2, 0.25) is 0 Å². The minimum Gasteiger partial charge on any atom is -0.485 e. The van der Waals surface area contributed by atoms with Gasteiger partial charge in [-0.3, -0.25) is 0 Å². The predicted octanol–water partition coefficient (Wildman–Crippen LogP) is 4.22. The second-order valence-electron chi connectivity index (χ2n) is 6.41. The number of halogens is 4. The second-order valence-corrected chi connectivity index (χ2v) is 7.33. The van der Waals surface area contributed by atoms with Gasteiger partial charge in [-0.15, -0.1) is 13.2 Å². The molecule has 2 aliphatic heterocycles. The first-order valence-corrected chi connectivity index (χ1v) is 9.05. The summed E-state index contributed by atoms with van der Waals surface area (Å²) in [4.78, 5) is 10.5. The summed E-state index contributed by atoms with van der Waals surface area (Å²) < 4.78 is 47.9. The van der Waals surface area contributed by atoms with Gasteiger partial charge in [-0.1, -0.05) is 28.1 Å². The highest BCUT2D eigenvalue weighted by atomic mass is 79.9. The van der Waals surface area contributed by atoms with E-state index in [9.17, 15) is 13.2 Å². The molecule has 0 fully saturated rings. The molecule has 2 heterocycles. The van der Waals surface area contributed by atoms with Crippen LogP contribution in [-0.2, 0) is 10.6 Å². The minimum atomic E-state index is -4.74. The monoisotopic (exact) mass is 457 g/mol. The number of hydrogen-bond acceptors (Lipinski definition) is 6. The molecular weight excluding hydrogens is 443 g/mol. The number of hydroxylamine groups is 2. The van der Waals surface area contributed by atoms with Gasteiger partial charge in [-0.25, -0.2) is 14.9 Å². The molecule has 0 radical (unpaired) electrons. The molecule has 0 aliphatic carbocycles. The van der Waals surface area contributed by atoms with E-state index < -0.39 is 18.2 Å². The molecule has 0 bridgehead atoms.